The van der Waals surface area contributed by atoms with Crippen LogP contribution in [0, 0.1) is 0 Å². The number of carbonyl (C=O) groups excluding carboxylic acids is 4. The SMILES string of the molecule is CCOC(=O)C1(NC(C)=O)CCc2cc(C(=O)OC)c(C(=O)OC)cc2CC1. The van der Waals surface area contributed by atoms with Gasteiger partial charge in [0.25, 0.3) is 0 Å². The van der Waals surface area contributed by atoms with E-state index >= 15 is 0 Å². The fourth-order valence-corrected chi connectivity index (χ4v) is 3.52. The second kappa shape index (κ2) is 8.86. The minimum Gasteiger partial charge on any atom is -0.465 e. The van der Waals surface area contributed by atoms with Gasteiger partial charge in [0.05, 0.1) is 32.0 Å². The Bertz CT molecular complexity index is 753. The van der Waals surface area contributed by atoms with E-state index in [-0.39, 0.29) is 23.6 Å². The van der Waals surface area contributed by atoms with Gasteiger partial charge in [0.15, 0.2) is 0 Å². The molecular weight excluding hydrogens is 366 g/mol. The van der Waals surface area contributed by atoms with Gasteiger partial charge in [0.2, 0.25) is 5.91 Å². The van der Waals surface area contributed by atoms with Crippen molar-refractivity contribution in [2.75, 3.05) is 20.8 Å². The Balaban J connectivity index is 2.48. The van der Waals surface area contributed by atoms with Crippen LogP contribution in [0.1, 0.15) is 58.5 Å². The standard InChI is InChI=1S/C20H25NO7/c1-5-28-19(25)20(21-12(2)22)8-6-13-10-15(17(23)26-3)16(18(24)27-4)11-14(13)7-9-20/h10-11H,5-9H2,1-4H3,(H,21,22). The largest absolute Gasteiger partial charge is 0.465 e. The maximum atomic E-state index is 12.6. The van der Waals surface area contributed by atoms with Crippen molar-refractivity contribution in [3.05, 3.63) is 34.4 Å². The van der Waals surface area contributed by atoms with Crippen LogP contribution in [0.5, 0.6) is 0 Å². The third-order valence-corrected chi connectivity index (χ3v) is 4.87. The fourth-order valence-electron chi connectivity index (χ4n) is 3.52. The number of esters is 3. The predicted octanol–water partition coefficient (Wildman–Crippen LogP) is 1.58. The number of amides is 1. The van der Waals surface area contributed by atoms with Gasteiger partial charge in [0.1, 0.15) is 5.54 Å². The first-order valence-corrected chi connectivity index (χ1v) is 9.06. The average molecular weight is 391 g/mol. The Labute approximate surface area is 163 Å². The number of methoxy groups -OCH3 is 2. The fraction of sp³-hybridized carbons (Fsp3) is 0.500. The summed E-state index contributed by atoms with van der Waals surface area (Å²) in [5.41, 5.74) is 0.680. The average Bonchev–Trinajstić information content (AvgIpc) is 2.85. The molecule has 1 amide bonds. The number of rotatable bonds is 5. The highest BCUT2D eigenvalue weighted by Gasteiger charge is 2.42. The minimum atomic E-state index is -1.16. The molecule has 0 heterocycles. The molecule has 1 N–H and O–H groups in total. The molecule has 0 radical (unpaired) electrons. The normalized spacial score (nSPS) is 14.9. The Kier molecular flexibility index (Phi) is 6.77. The third-order valence-electron chi connectivity index (χ3n) is 4.87. The molecule has 0 aliphatic heterocycles. The van der Waals surface area contributed by atoms with E-state index in [1.54, 1.807) is 19.1 Å². The lowest BCUT2D eigenvalue weighted by molar-refractivity contribution is -0.153. The van der Waals surface area contributed by atoms with Crippen LogP contribution in [0.4, 0.5) is 0 Å². The summed E-state index contributed by atoms with van der Waals surface area (Å²) in [6.45, 7) is 3.26. The van der Waals surface area contributed by atoms with E-state index in [1.165, 1.54) is 21.1 Å². The molecule has 1 aromatic carbocycles. The van der Waals surface area contributed by atoms with Crippen molar-refractivity contribution in [2.45, 2.75) is 45.1 Å². The summed E-state index contributed by atoms with van der Waals surface area (Å²) >= 11 is 0. The van der Waals surface area contributed by atoms with E-state index in [9.17, 15) is 19.2 Å². The molecule has 0 aromatic heterocycles. The molecule has 2 rings (SSSR count). The van der Waals surface area contributed by atoms with Crippen molar-refractivity contribution >= 4 is 23.8 Å². The van der Waals surface area contributed by atoms with E-state index in [1.807, 2.05) is 0 Å². The van der Waals surface area contributed by atoms with Crippen molar-refractivity contribution in [1.29, 1.82) is 0 Å². The highest BCUT2D eigenvalue weighted by atomic mass is 16.5. The summed E-state index contributed by atoms with van der Waals surface area (Å²) in [6, 6.07) is 3.20. The lowest BCUT2D eigenvalue weighted by atomic mass is 9.89. The van der Waals surface area contributed by atoms with E-state index in [0.717, 1.165) is 11.1 Å². The number of benzene rings is 1. The van der Waals surface area contributed by atoms with Crippen molar-refractivity contribution in [2.24, 2.45) is 0 Å². The molecule has 0 atom stereocenters. The Morgan fingerprint density at radius 3 is 1.79 bits per heavy atom. The van der Waals surface area contributed by atoms with Crippen molar-refractivity contribution < 1.29 is 33.4 Å². The second-order valence-corrected chi connectivity index (χ2v) is 6.63. The highest BCUT2D eigenvalue weighted by Crippen LogP contribution is 2.31. The predicted molar refractivity (Wildman–Crippen MR) is 98.9 cm³/mol. The van der Waals surface area contributed by atoms with Gasteiger partial charge in [-0.2, -0.15) is 0 Å². The van der Waals surface area contributed by atoms with Gasteiger partial charge in [-0.15, -0.1) is 0 Å². The van der Waals surface area contributed by atoms with Crippen LogP contribution in [0.25, 0.3) is 0 Å². The van der Waals surface area contributed by atoms with Crippen molar-refractivity contribution in [3.8, 4) is 0 Å². The molecule has 8 heteroatoms. The molecule has 0 saturated heterocycles. The highest BCUT2D eigenvalue weighted by molar-refractivity contribution is 6.03. The zero-order chi connectivity index (χ0) is 20.9. The first-order chi connectivity index (χ1) is 13.3. The van der Waals surface area contributed by atoms with Crippen LogP contribution in [0.2, 0.25) is 0 Å². The van der Waals surface area contributed by atoms with E-state index in [2.05, 4.69) is 5.32 Å². The number of carbonyl (C=O) groups is 4. The summed E-state index contributed by atoms with van der Waals surface area (Å²) in [5.74, 6) is -2.11. The molecule has 152 valence electrons. The third kappa shape index (κ3) is 4.32. The van der Waals surface area contributed by atoms with Gasteiger partial charge in [0, 0.05) is 6.92 Å². The summed E-state index contributed by atoms with van der Waals surface area (Å²) in [4.78, 5) is 48.6. The van der Waals surface area contributed by atoms with E-state index in [0.29, 0.717) is 25.7 Å². The number of hydrogen-bond donors (Lipinski definition) is 1. The minimum absolute atomic E-state index is 0.108. The molecule has 8 nitrogen and oxygen atoms in total. The quantitative estimate of drug-likeness (QED) is 0.461. The number of nitrogens with one attached hydrogen (secondary N) is 1. The number of hydrogen-bond acceptors (Lipinski definition) is 7. The Morgan fingerprint density at radius 2 is 1.43 bits per heavy atom. The summed E-state index contributed by atoms with van der Waals surface area (Å²) < 4.78 is 14.8. The molecule has 1 aliphatic rings. The molecule has 1 aromatic rings. The maximum absolute atomic E-state index is 12.6. The first-order valence-electron chi connectivity index (χ1n) is 9.06. The molecule has 0 fully saturated rings. The van der Waals surface area contributed by atoms with Crippen LogP contribution in [0.15, 0.2) is 12.1 Å². The van der Waals surface area contributed by atoms with Gasteiger partial charge in [-0.25, -0.2) is 14.4 Å². The Morgan fingerprint density at radius 1 is 0.964 bits per heavy atom. The topological polar surface area (TPSA) is 108 Å². The summed E-state index contributed by atoms with van der Waals surface area (Å²) in [5, 5.41) is 2.76. The van der Waals surface area contributed by atoms with Gasteiger partial charge in [-0.3, -0.25) is 4.79 Å². The zero-order valence-corrected chi connectivity index (χ0v) is 16.5. The van der Waals surface area contributed by atoms with Gasteiger partial charge >= 0.3 is 17.9 Å². The molecule has 28 heavy (non-hydrogen) atoms. The number of ether oxygens (including phenoxy) is 3. The van der Waals surface area contributed by atoms with Crippen LogP contribution in [0.3, 0.4) is 0 Å². The Hall–Kier alpha value is -2.90. The smallest absolute Gasteiger partial charge is 0.338 e. The lowest BCUT2D eigenvalue weighted by Crippen LogP contribution is -2.55. The number of fused-ring (bicyclic) bond motifs is 1. The molecule has 1 aliphatic carbocycles. The summed E-state index contributed by atoms with van der Waals surface area (Å²) in [7, 11) is 2.47. The van der Waals surface area contributed by atoms with E-state index in [4.69, 9.17) is 14.2 Å². The molecule has 0 unspecified atom stereocenters. The van der Waals surface area contributed by atoms with Crippen molar-refractivity contribution in [3.63, 3.8) is 0 Å². The van der Waals surface area contributed by atoms with Crippen LogP contribution in [-0.4, -0.2) is 50.2 Å². The summed E-state index contributed by atoms with van der Waals surface area (Å²) in [6.07, 6.45) is 1.47. The van der Waals surface area contributed by atoms with Crippen LogP contribution < -0.4 is 5.32 Å². The molecular formula is C20H25NO7. The van der Waals surface area contributed by atoms with Crippen molar-refractivity contribution in [1.82, 2.24) is 5.32 Å². The number of aryl methyl sites for hydroxylation is 2. The van der Waals surface area contributed by atoms with Crippen LogP contribution >= 0.6 is 0 Å². The molecule has 0 bridgehead atoms. The molecule has 0 spiro atoms. The van der Waals surface area contributed by atoms with Gasteiger partial charge in [-0.1, -0.05) is 0 Å². The van der Waals surface area contributed by atoms with E-state index < -0.39 is 23.4 Å². The lowest BCUT2D eigenvalue weighted by Gasteiger charge is -2.30. The monoisotopic (exact) mass is 391 g/mol. The van der Waals surface area contributed by atoms with Gasteiger partial charge < -0.3 is 19.5 Å². The molecule has 0 saturated carbocycles. The maximum Gasteiger partial charge on any atom is 0.338 e. The zero-order valence-electron chi connectivity index (χ0n) is 16.5. The first kappa shape index (κ1) is 21.4. The van der Waals surface area contributed by atoms with Crippen LogP contribution in [-0.2, 0) is 36.6 Å². The van der Waals surface area contributed by atoms with Gasteiger partial charge in [-0.05, 0) is 55.9 Å². The second-order valence-electron chi connectivity index (χ2n) is 6.63.